The van der Waals surface area contributed by atoms with Crippen LogP contribution in [0.3, 0.4) is 0 Å². The summed E-state index contributed by atoms with van der Waals surface area (Å²) in [5, 5.41) is 7.45. The lowest BCUT2D eigenvalue weighted by Crippen LogP contribution is -1.88. The van der Waals surface area contributed by atoms with Crippen LogP contribution in [0, 0.1) is 0 Å². The molecule has 40 heavy (non-hydrogen) atoms. The van der Waals surface area contributed by atoms with Gasteiger partial charge in [0.1, 0.15) is 0 Å². The van der Waals surface area contributed by atoms with E-state index < -0.39 is 0 Å². The van der Waals surface area contributed by atoms with Crippen molar-refractivity contribution < 1.29 is 0 Å². The number of fused-ring (bicyclic) bond motifs is 6. The smallest absolute Gasteiger partial charge is 0.0797 e. The van der Waals surface area contributed by atoms with E-state index in [-0.39, 0.29) is 0 Å². The van der Waals surface area contributed by atoms with Crippen LogP contribution in [-0.4, -0.2) is 19.9 Å². The van der Waals surface area contributed by atoms with Gasteiger partial charge in [0.25, 0.3) is 0 Å². The van der Waals surface area contributed by atoms with Gasteiger partial charge in [-0.2, -0.15) is 0 Å². The van der Waals surface area contributed by atoms with Crippen molar-refractivity contribution in [3.63, 3.8) is 0 Å². The highest BCUT2D eigenvalue weighted by molar-refractivity contribution is 7.13. The average Bonchev–Trinajstić information content (AvgIpc) is 3.77. The first-order chi connectivity index (χ1) is 19.8. The molecule has 8 rings (SSSR count). The number of hydrogen-bond acceptors (Lipinski definition) is 6. The first-order valence-electron chi connectivity index (χ1n) is 12.9. The minimum Gasteiger partial charge on any atom is -0.263 e. The number of benzene rings is 4. The van der Waals surface area contributed by atoms with E-state index >= 15 is 0 Å². The van der Waals surface area contributed by atoms with Crippen molar-refractivity contribution in [3.8, 4) is 43.1 Å². The van der Waals surface area contributed by atoms with Gasteiger partial charge in [0.15, 0.2) is 0 Å². The number of hydrogen-bond donors (Lipinski definition) is 0. The fourth-order valence-electron chi connectivity index (χ4n) is 5.50. The molecule has 4 aromatic heterocycles. The maximum absolute atomic E-state index is 4.54. The van der Waals surface area contributed by atoms with Gasteiger partial charge in [0.2, 0.25) is 0 Å². The zero-order chi connectivity index (χ0) is 26.5. The molecule has 4 heterocycles. The van der Waals surface area contributed by atoms with Crippen molar-refractivity contribution in [2.45, 2.75) is 0 Å². The van der Waals surface area contributed by atoms with Gasteiger partial charge in [0, 0.05) is 59.4 Å². The summed E-state index contributed by atoms with van der Waals surface area (Å²) in [6.07, 6.45) is 11.5. The summed E-state index contributed by atoms with van der Waals surface area (Å²) in [7, 11) is 0. The van der Waals surface area contributed by atoms with E-state index in [1.807, 2.05) is 48.2 Å². The molecule has 0 saturated heterocycles. The Labute approximate surface area is 238 Å². The molecule has 0 N–H and O–H groups in total. The lowest BCUT2D eigenvalue weighted by molar-refractivity contribution is 1.33. The van der Waals surface area contributed by atoms with Crippen LogP contribution in [0.25, 0.3) is 75.5 Å². The monoisotopic (exact) mass is 548 g/mol. The molecule has 0 fully saturated rings. The Kier molecular flexibility index (Phi) is 5.47. The summed E-state index contributed by atoms with van der Waals surface area (Å²) >= 11 is 3.26. The quantitative estimate of drug-likeness (QED) is 0.206. The second-order valence-corrected chi connectivity index (χ2v) is 11.5. The number of aromatic nitrogens is 4. The molecule has 4 aromatic carbocycles. The fourth-order valence-corrected chi connectivity index (χ4v) is 6.71. The van der Waals surface area contributed by atoms with E-state index in [1.54, 1.807) is 22.7 Å². The first kappa shape index (κ1) is 23.1. The third-order valence-electron chi connectivity index (χ3n) is 7.41. The van der Waals surface area contributed by atoms with Crippen molar-refractivity contribution in [2.24, 2.45) is 0 Å². The standard InChI is InChI=1S/C34H20N4S2/c1-2-4-28-27(3-1)31-11-21(23-9-25(15-35-13-23)33-17-37-19-39-33)5-7-29(31)30-8-6-22(12-32(28)30)24-10-26(16-36-14-24)34-18-38-20-40-34/h1-20H. The van der Waals surface area contributed by atoms with Gasteiger partial charge >= 0.3 is 0 Å². The first-order valence-corrected chi connectivity index (χ1v) is 14.6. The average molecular weight is 549 g/mol. The number of thiazole rings is 2. The number of rotatable bonds is 4. The van der Waals surface area contributed by atoms with Crippen LogP contribution in [0.15, 0.2) is 121 Å². The summed E-state index contributed by atoms with van der Waals surface area (Å²) < 4.78 is 0. The van der Waals surface area contributed by atoms with Crippen molar-refractivity contribution in [1.82, 2.24) is 19.9 Å². The lowest BCUT2D eigenvalue weighted by atomic mass is 9.90. The third-order valence-corrected chi connectivity index (χ3v) is 9.06. The van der Waals surface area contributed by atoms with Crippen molar-refractivity contribution in [3.05, 3.63) is 121 Å². The highest BCUT2D eigenvalue weighted by atomic mass is 32.1. The molecule has 0 radical (unpaired) electrons. The van der Waals surface area contributed by atoms with Crippen LogP contribution in [0.5, 0.6) is 0 Å². The van der Waals surface area contributed by atoms with E-state index in [9.17, 15) is 0 Å². The maximum Gasteiger partial charge on any atom is 0.0797 e. The van der Waals surface area contributed by atoms with Crippen LogP contribution < -0.4 is 0 Å². The minimum absolute atomic E-state index is 1.09. The van der Waals surface area contributed by atoms with Crippen LogP contribution in [0.1, 0.15) is 0 Å². The largest absolute Gasteiger partial charge is 0.263 e. The molecule has 0 atom stereocenters. The molecule has 188 valence electrons. The molecule has 0 saturated carbocycles. The van der Waals surface area contributed by atoms with E-state index in [2.05, 4.69) is 92.7 Å². The Morgan fingerprint density at radius 2 is 0.800 bits per heavy atom. The van der Waals surface area contributed by atoms with Gasteiger partial charge in [0.05, 0.1) is 20.8 Å². The molecule has 0 amide bonds. The summed E-state index contributed by atoms with van der Waals surface area (Å²) in [6.45, 7) is 0. The zero-order valence-corrected chi connectivity index (χ0v) is 22.8. The van der Waals surface area contributed by atoms with Gasteiger partial charge in [-0.15, -0.1) is 22.7 Å². The van der Waals surface area contributed by atoms with Crippen molar-refractivity contribution >= 4 is 55.0 Å². The van der Waals surface area contributed by atoms with Gasteiger partial charge in [-0.05, 0) is 67.7 Å². The molecule has 0 aliphatic rings. The van der Waals surface area contributed by atoms with E-state index in [1.165, 1.54) is 32.3 Å². The van der Waals surface area contributed by atoms with Gasteiger partial charge in [-0.1, -0.05) is 48.5 Å². The maximum atomic E-state index is 4.54. The zero-order valence-electron chi connectivity index (χ0n) is 21.2. The summed E-state index contributed by atoms with van der Waals surface area (Å²) in [6, 6.07) is 26.6. The Bertz CT molecular complexity index is 1990. The molecule has 0 aliphatic heterocycles. The molecule has 0 aliphatic carbocycles. The predicted molar refractivity (Wildman–Crippen MR) is 168 cm³/mol. The summed E-state index contributed by atoms with van der Waals surface area (Å²) in [5.74, 6) is 0. The molecular formula is C34H20N4S2. The normalized spacial score (nSPS) is 11.5. The second kappa shape index (κ2) is 9.45. The van der Waals surface area contributed by atoms with Crippen LogP contribution in [0.2, 0.25) is 0 Å². The molecule has 4 nitrogen and oxygen atoms in total. The molecule has 0 unspecified atom stereocenters. The molecule has 0 spiro atoms. The van der Waals surface area contributed by atoms with Crippen LogP contribution in [0.4, 0.5) is 0 Å². The highest BCUT2D eigenvalue weighted by Crippen LogP contribution is 2.39. The van der Waals surface area contributed by atoms with Crippen LogP contribution in [-0.2, 0) is 0 Å². The van der Waals surface area contributed by atoms with E-state index in [0.717, 1.165) is 43.1 Å². The summed E-state index contributed by atoms with van der Waals surface area (Å²) in [4.78, 5) is 19.8. The van der Waals surface area contributed by atoms with Gasteiger partial charge in [-0.25, -0.2) is 0 Å². The van der Waals surface area contributed by atoms with E-state index in [4.69, 9.17) is 0 Å². The molecular weight excluding hydrogens is 529 g/mol. The van der Waals surface area contributed by atoms with Gasteiger partial charge in [-0.3, -0.25) is 19.9 Å². The Morgan fingerprint density at radius 3 is 1.25 bits per heavy atom. The minimum atomic E-state index is 1.09. The Hall–Kier alpha value is -4.78. The fraction of sp³-hybridized carbons (Fsp3) is 0. The third kappa shape index (κ3) is 3.88. The lowest BCUT2D eigenvalue weighted by Gasteiger charge is -2.14. The molecule has 0 bridgehead atoms. The summed E-state index contributed by atoms with van der Waals surface area (Å²) in [5.41, 5.74) is 10.4. The number of nitrogens with zero attached hydrogens (tertiary/aromatic N) is 4. The number of pyridine rings is 2. The second-order valence-electron chi connectivity index (χ2n) is 9.72. The Balaban J connectivity index is 1.30. The van der Waals surface area contributed by atoms with Crippen molar-refractivity contribution in [1.29, 1.82) is 0 Å². The molecule has 6 heteroatoms. The van der Waals surface area contributed by atoms with Gasteiger partial charge < -0.3 is 0 Å². The molecule has 8 aromatic rings. The van der Waals surface area contributed by atoms with Crippen LogP contribution >= 0.6 is 22.7 Å². The SMILES string of the molecule is c1ccc2c(c1)c1cc(-c3cncc(-c4cncs4)c3)ccc1c1ccc(-c3cncc(-c4cncs4)c3)cc21. The Morgan fingerprint density at radius 1 is 0.350 bits per heavy atom. The topological polar surface area (TPSA) is 51.6 Å². The highest BCUT2D eigenvalue weighted by Gasteiger charge is 2.13. The predicted octanol–water partition coefficient (Wildman–Crippen LogP) is 9.52. The van der Waals surface area contributed by atoms with E-state index in [0.29, 0.717) is 0 Å². The van der Waals surface area contributed by atoms with Crippen molar-refractivity contribution in [2.75, 3.05) is 0 Å².